The quantitative estimate of drug-likeness (QED) is 0.523. The van der Waals surface area contributed by atoms with E-state index in [9.17, 15) is 13.6 Å². The Balaban J connectivity index is 1.36. The Labute approximate surface area is 200 Å². The first kappa shape index (κ1) is 23.6. The first-order chi connectivity index (χ1) is 16.2. The molecule has 1 amide bonds. The molecule has 2 saturated heterocycles. The second kappa shape index (κ2) is 9.14. The summed E-state index contributed by atoms with van der Waals surface area (Å²) in [6.45, 7) is 8.36. The Morgan fingerprint density at radius 2 is 1.76 bits per heavy atom. The van der Waals surface area contributed by atoms with Crippen LogP contribution in [0.1, 0.15) is 86.4 Å². The summed E-state index contributed by atoms with van der Waals surface area (Å²) < 4.78 is 39.7. The van der Waals surface area contributed by atoms with Crippen LogP contribution >= 0.6 is 0 Å². The fourth-order valence-corrected chi connectivity index (χ4v) is 5.58. The largest absolute Gasteiger partial charge is 0.490 e. The zero-order valence-electron chi connectivity index (χ0n) is 20.5. The van der Waals surface area contributed by atoms with Crippen LogP contribution in [0.3, 0.4) is 0 Å². The molecule has 34 heavy (non-hydrogen) atoms. The number of rotatable bonds is 5. The fourth-order valence-electron chi connectivity index (χ4n) is 5.58. The summed E-state index contributed by atoms with van der Waals surface area (Å²) in [7, 11) is 0. The maximum Gasteiger partial charge on any atom is 0.289 e. The lowest BCUT2D eigenvalue weighted by molar-refractivity contribution is -0.0498. The van der Waals surface area contributed by atoms with Crippen LogP contribution in [0.5, 0.6) is 5.75 Å². The number of amides is 1. The third kappa shape index (κ3) is 4.56. The van der Waals surface area contributed by atoms with Crippen molar-refractivity contribution in [3.05, 3.63) is 29.0 Å². The van der Waals surface area contributed by atoms with Crippen LogP contribution < -0.4 is 4.74 Å². The van der Waals surface area contributed by atoms with Gasteiger partial charge in [-0.3, -0.25) is 4.79 Å². The van der Waals surface area contributed by atoms with Gasteiger partial charge < -0.3 is 19.0 Å². The Morgan fingerprint density at radius 3 is 2.35 bits per heavy atom. The van der Waals surface area contributed by atoms with E-state index in [1.54, 1.807) is 0 Å². The average molecular weight is 475 g/mol. The number of aryl methyl sites for hydroxylation is 1. The topological polar surface area (TPSA) is 45.9 Å². The van der Waals surface area contributed by atoms with Crippen molar-refractivity contribution in [2.45, 2.75) is 89.7 Å². The SMILES string of the molecule is Cc1cc2c(C(C)C)c(C(=O)N3CCC(F)(F)CC3)oc2cc1OC1CCN(C2CCC2)CC1. The molecule has 0 unspecified atom stereocenters. The van der Waals surface area contributed by atoms with E-state index in [0.717, 1.165) is 54.2 Å². The number of likely N-dealkylation sites (tertiary alicyclic amines) is 2. The van der Waals surface area contributed by atoms with Crippen molar-refractivity contribution in [2.24, 2.45) is 0 Å². The van der Waals surface area contributed by atoms with Gasteiger partial charge in [0.15, 0.2) is 5.76 Å². The number of ether oxygens (including phenoxy) is 1. The summed E-state index contributed by atoms with van der Waals surface area (Å²) in [5, 5.41) is 0.908. The lowest BCUT2D eigenvalue weighted by atomic mass is 9.90. The summed E-state index contributed by atoms with van der Waals surface area (Å²) in [6, 6.07) is 4.74. The van der Waals surface area contributed by atoms with Crippen molar-refractivity contribution in [1.82, 2.24) is 9.80 Å². The molecule has 5 nitrogen and oxygen atoms in total. The van der Waals surface area contributed by atoms with E-state index in [4.69, 9.17) is 9.15 Å². The second-order valence-electron chi connectivity index (χ2n) is 10.7. The predicted molar refractivity (Wildman–Crippen MR) is 128 cm³/mol. The van der Waals surface area contributed by atoms with Crippen LogP contribution in [-0.2, 0) is 0 Å². The predicted octanol–water partition coefficient (Wildman–Crippen LogP) is 6.13. The Kier molecular flexibility index (Phi) is 6.34. The van der Waals surface area contributed by atoms with Crippen LogP contribution in [0.4, 0.5) is 8.78 Å². The van der Waals surface area contributed by atoms with E-state index in [0.29, 0.717) is 5.58 Å². The van der Waals surface area contributed by atoms with E-state index in [-0.39, 0.29) is 49.6 Å². The molecule has 186 valence electrons. The number of hydrogen-bond acceptors (Lipinski definition) is 4. The van der Waals surface area contributed by atoms with Crippen LogP contribution in [0.2, 0.25) is 0 Å². The third-order valence-electron chi connectivity index (χ3n) is 7.94. The molecule has 3 fully saturated rings. The molecule has 0 spiro atoms. The summed E-state index contributed by atoms with van der Waals surface area (Å²) in [5.74, 6) is -1.84. The van der Waals surface area contributed by atoms with Gasteiger partial charge in [-0.1, -0.05) is 20.3 Å². The molecule has 2 aromatic rings. The molecule has 0 N–H and O–H groups in total. The highest BCUT2D eigenvalue weighted by Gasteiger charge is 2.37. The molecule has 3 heterocycles. The number of hydrogen-bond donors (Lipinski definition) is 0. The number of carbonyl (C=O) groups excluding carboxylic acids is 1. The minimum absolute atomic E-state index is 0.0490. The van der Waals surface area contributed by atoms with Gasteiger partial charge in [0.25, 0.3) is 11.8 Å². The highest BCUT2D eigenvalue weighted by atomic mass is 19.3. The van der Waals surface area contributed by atoms with E-state index in [1.165, 1.54) is 24.2 Å². The molecular formula is C27H36F2N2O3. The normalized spacial score (nSPS) is 22.4. The van der Waals surface area contributed by atoms with Crippen LogP contribution in [-0.4, -0.2) is 60.0 Å². The third-order valence-corrected chi connectivity index (χ3v) is 7.94. The van der Waals surface area contributed by atoms with Crippen molar-refractivity contribution in [2.75, 3.05) is 26.2 Å². The van der Waals surface area contributed by atoms with Crippen molar-refractivity contribution in [3.63, 3.8) is 0 Å². The van der Waals surface area contributed by atoms with E-state index >= 15 is 0 Å². The van der Waals surface area contributed by atoms with Crippen LogP contribution in [0.25, 0.3) is 11.0 Å². The van der Waals surface area contributed by atoms with E-state index < -0.39 is 5.92 Å². The molecule has 2 aliphatic heterocycles. The van der Waals surface area contributed by atoms with Crippen molar-refractivity contribution in [1.29, 1.82) is 0 Å². The first-order valence-electron chi connectivity index (χ1n) is 12.9. The second-order valence-corrected chi connectivity index (χ2v) is 10.7. The number of fused-ring (bicyclic) bond motifs is 1. The monoisotopic (exact) mass is 474 g/mol. The van der Waals surface area contributed by atoms with Crippen LogP contribution in [0.15, 0.2) is 16.5 Å². The molecule has 1 aromatic carbocycles. The first-order valence-corrected chi connectivity index (χ1v) is 12.9. The molecule has 5 rings (SSSR count). The molecule has 0 atom stereocenters. The number of carbonyl (C=O) groups is 1. The van der Waals surface area contributed by atoms with Crippen molar-refractivity contribution >= 4 is 16.9 Å². The smallest absolute Gasteiger partial charge is 0.289 e. The zero-order valence-corrected chi connectivity index (χ0v) is 20.5. The average Bonchev–Trinajstić information content (AvgIpc) is 3.12. The van der Waals surface area contributed by atoms with E-state index in [1.807, 2.05) is 32.9 Å². The fraction of sp³-hybridized carbons (Fsp3) is 0.667. The lowest BCUT2D eigenvalue weighted by Crippen LogP contribution is -2.46. The summed E-state index contributed by atoms with van der Waals surface area (Å²) >= 11 is 0. The number of furan rings is 1. The van der Waals surface area contributed by atoms with Gasteiger partial charge in [0, 0.05) is 62.1 Å². The van der Waals surface area contributed by atoms with Gasteiger partial charge in [0.2, 0.25) is 0 Å². The number of benzene rings is 1. The summed E-state index contributed by atoms with van der Waals surface area (Å²) in [5.41, 5.74) is 2.50. The number of piperidine rings is 2. The highest BCUT2D eigenvalue weighted by molar-refractivity contribution is 6.00. The van der Waals surface area contributed by atoms with Crippen LogP contribution in [0, 0.1) is 6.92 Å². The number of halogens is 2. The van der Waals surface area contributed by atoms with Gasteiger partial charge >= 0.3 is 0 Å². The number of alkyl halides is 2. The van der Waals surface area contributed by atoms with Gasteiger partial charge in [-0.05, 0) is 50.2 Å². The minimum atomic E-state index is -2.69. The zero-order chi connectivity index (χ0) is 24.0. The van der Waals surface area contributed by atoms with Crippen molar-refractivity contribution < 1.29 is 22.7 Å². The Morgan fingerprint density at radius 1 is 1.09 bits per heavy atom. The molecule has 3 aliphatic rings. The lowest BCUT2D eigenvalue weighted by Gasteiger charge is -2.41. The number of nitrogens with zero attached hydrogens (tertiary/aromatic N) is 2. The molecule has 0 bridgehead atoms. The summed E-state index contributed by atoms with van der Waals surface area (Å²) in [6.07, 6.45) is 5.65. The molecule has 0 radical (unpaired) electrons. The molecular weight excluding hydrogens is 438 g/mol. The van der Waals surface area contributed by atoms with Gasteiger partial charge in [0.05, 0.1) is 0 Å². The van der Waals surface area contributed by atoms with Gasteiger partial charge in [-0.25, -0.2) is 8.78 Å². The highest BCUT2D eigenvalue weighted by Crippen LogP contribution is 2.38. The maximum absolute atomic E-state index is 13.6. The minimum Gasteiger partial charge on any atom is -0.490 e. The molecule has 1 aromatic heterocycles. The molecule has 1 aliphatic carbocycles. The van der Waals surface area contributed by atoms with Gasteiger partial charge in [0.1, 0.15) is 17.4 Å². The summed E-state index contributed by atoms with van der Waals surface area (Å²) in [4.78, 5) is 17.4. The Hall–Kier alpha value is -2.15. The molecule has 1 saturated carbocycles. The van der Waals surface area contributed by atoms with Crippen molar-refractivity contribution in [3.8, 4) is 5.75 Å². The van der Waals surface area contributed by atoms with Gasteiger partial charge in [-0.15, -0.1) is 0 Å². The molecule has 7 heteroatoms. The maximum atomic E-state index is 13.6. The van der Waals surface area contributed by atoms with Gasteiger partial charge in [-0.2, -0.15) is 0 Å². The Bertz CT molecular complexity index is 1040. The van der Waals surface area contributed by atoms with E-state index in [2.05, 4.69) is 4.90 Å². The standard InChI is InChI=1S/C27H36F2N2O3/c1-17(2)24-21-15-18(3)22(33-20-7-11-30(12-8-20)19-5-4-6-19)16-23(21)34-25(24)26(32)31-13-9-27(28,29)10-14-31/h15-17,19-20H,4-14H2,1-3H3.